The second-order valence-electron chi connectivity index (χ2n) is 9.50. The van der Waals surface area contributed by atoms with Gasteiger partial charge in [0.2, 0.25) is 5.91 Å². The first-order valence-corrected chi connectivity index (χ1v) is 16.4. The topological polar surface area (TPSA) is 100 Å². The average molecular weight is 712 g/mol. The molecule has 0 fully saturated rings. The number of anilines is 2. The van der Waals surface area contributed by atoms with Gasteiger partial charge in [0.05, 0.1) is 26.5 Å². The van der Waals surface area contributed by atoms with Crippen LogP contribution in [-0.4, -0.2) is 28.5 Å². The predicted octanol–water partition coefficient (Wildman–Crippen LogP) is 9.05. The first-order valence-electron chi connectivity index (χ1n) is 13.4. The van der Waals surface area contributed by atoms with E-state index in [-0.39, 0.29) is 27.9 Å². The Balaban J connectivity index is 1.20. The fraction of sp³-hybridized carbons (Fsp3) is 0.0303. The molecule has 4 aromatic carbocycles. The number of carbonyl (C=O) groups is 3. The summed E-state index contributed by atoms with van der Waals surface area (Å²) in [5.74, 6) is -2.02. The van der Waals surface area contributed by atoms with Crippen molar-refractivity contribution in [2.24, 2.45) is 0 Å². The average Bonchev–Trinajstić information content (AvgIpc) is 3.52. The lowest BCUT2D eigenvalue weighted by atomic mass is 10.1. The molecule has 0 aliphatic rings. The summed E-state index contributed by atoms with van der Waals surface area (Å²) >= 11 is 20.8. The molecule has 0 aliphatic carbocycles. The van der Waals surface area contributed by atoms with Crippen LogP contribution >= 0.6 is 57.9 Å². The second-order valence-corrected chi connectivity index (χ2v) is 12.6. The summed E-state index contributed by atoms with van der Waals surface area (Å²) in [5, 5.41) is 11.2. The van der Waals surface area contributed by atoms with Gasteiger partial charge in [-0.1, -0.05) is 65.1 Å². The van der Waals surface area contributed by atoms with Gasteiger partial charge in [-0.2, -0.15) is 0 Å². The molecule has 13 heteroatoms. The Labute approximate surface area is 286 Å². The van der Waals surface area contributed by atoms with Gasteiger partial charge < -0.3 is 16.0 Å². The molecule has 232 valence electrons. The summed E-state index contributed by atoms with van der Waals surface area (Å²) in [6.45, 7) is 0. The molecular formula is C33H22Cl3FN4O3S2. The SMILES string of the molecule is O=C(CSc1ccc(NC(=O)/C(=C/c2c(F)cccc2Cl)NC(=O)c2ccccc2)cc1)Nc1nc(-c2ccc(Cl)c(Cl)c2)cs1. The van der Waals surface area contributed by atoms with Crippen molar-refractivity contribution in [3.05, 3.63) is 134 Å². The summed E-state index contributed by atoms with van der Waals surface area (Å²) in [6, 6.07) is 24.4. The second kappa shape index (κ2) is 15.4. The minimum absolute atomic E-state index is 0.0453. The van der Waals surface area contributed by atoms with E-state index in [0.29, 0.717) is 32.1 Å². The number of thiazole rings is 1. The maximum atomic E-state index is 14.5. The Hall–Kier alpha value is -4.19. The third-order valence-electron chi connectivity index (χ3n) is 6.27. The highest BCUT2D eigenvalue weighted by atomic mass is 35.5. The van der Waals surface area contributed by atoms with Crippen LogP contribution in [0.5, 0.6) is 0 Å². The van der Waals surface area contributed by atoms with E-state index in [1.807, 2.05) is 5.38 Å². The molecule has 5 rings (SSSR count). The van der Waals surface area contributed by atoms with Crippen LogP contribution in [0.2, 0.25) is 15.1 Å². The van der Waals surface area contributed by atoms with Gasteiger partial charge in [0, 0.05) is 32.7 Å². The van der Waals surface area contributed by atoms with Crippen molar-refractivity contribution in [1.82, 2.24) is 10.3 Å². The highest BCUT2D eigenvalue weighted by Gasteiger charge is 2.17. The van der Waals surface area contributed by atoms with Gasteiger partial charge >= 0.3 is 0 Å². The highest BCUT2D eigenvalue weighted by Crippen LogP contribution is 2.31. The van der Waals surface area contributed by atoms with Crippen LogP contribution in [0, 0.1) is 5.82 Å². The monoisotopic (exact) mass is 710 g/mol. The normalized spacial score (nSPS) is 11.2. The molecule has 5 aromatic rings. The summed E-state index contributed by atoms with van der Waals surface area (Å²) in [5.41, 5.74) is 1.92. The number of carbonyl (C=O) groups excluding carboxylic acids is 3. The molecule has 0 unspecified atom stereocenters. The number of halogens is 4. The quantitative estimate of drug-likeness (QED) is 0.0992. The highest BCUT2D eigenvalue weighted by molar-refractivity contribution is 8.00. The van der Waals surface area contributed by atoms with E-state index < -0.39 is 17.6 Å². The van der Waals surface area contributed by atoms with Gasteiger partial charge in [0.15, 0.2) is 5.13 Å². The van der Waals surface area contributed by atoms with E-state index in [1.165, 1.54) is 47.4 Å². The van der Waals surface area contributed by atoms with E-state index in [1.54, 1.807) is 72.8 Å². The smallest absolute Gasteiger partial charge is 0.272 e. The summed E-state index contributed by atoms with van der Waals surface area (Å²) in [4.78, 5) is 43.9. The molecule has 3 N–H and O–H groups in total. The van der Waals surface area contributed by atoms with Crippen molar-refractivity contribution >= 4 is 92.5 Å². The van der Waals surface area contributed by atoms with Crippen molar-refractivity contribution < 1.29 is 18.8 Å². The van der Waals surface area contributed by atoms with Crippen LogP contribution in [0.25, 0.3) is 17.3 Å². The van der Waals surface area contributed by atoms with E-state index in [0.717, 1.165) is 10.5 Å². The molecular weight excluding hydrogens is 690 g/mol. The van der Waals surface area contributed by atoms with E-state index in [9.17, 15) is 18.8 Å². The molecule has 0 saturated heterocycles. The molecule has 1 heterocycles. The number of hydrogen-bond acceptors (Lipinski definition) is 6. The van der Waals surface area contributed by atoms with Gasteiger partial charge in [-0.25, -0.2) is 9.37 Å². The lowest BCUT2D eigenvalue weighted by Crippen LogP contribution is -2.30. The van der Waals surface area contributed by atoms with Crippen molar-refractivity contribution in [2.75, 3.05) is 16.4 Å². The Bertz CT molecular complexity index is 1920. The van der Waals surface area contributed by atoms with Crippen LogP contribution in [0.15, 0.2) is 107 Å². The maximum absolute atomic E-state index is 14.5. The first kappa shape index (κ1) is 33.2. The minimum atomic E-state index is -0.688. The van der Waals surface area contributed by atoms with Crippen LogP contribution in [0.1, 0.15) is 15.9 Å². The maximum Gasteiger partial charge on any atom is 0.272 e. The molecule has 0 radical (unpaired) electrons. The van der Waals surface area contributed by atoms with Gasteiger partial charge in [0.1, 0.15) is 11.5 Å². The first-order chi connectivity index (χ1) is 22.2. The zero-order valence-corrected chi connectivity index (χ0v) is 27.4. The minimum Gasteiger partial charge on any atom is -0.321 e. The van der Waals surface area contributed by atoms with Gasteiger partial charge in [-0.3, -0.25) is 14.4 Å². The number of nitrogens with zero attached hydrogens (tertiary/aromatic N) is 1. The number of aromatic nitrogens is 1. The molecule has 1 aromatic heterocycles. The van der Waals surface area contributed by atoms with E-state index in [2.05, 4.69) is 20.9 Å². The van der Waals surface area contributed by atoms with Crippen LogP contribution < -0.4 is 16.0 Å². The molecule has 0 bridgehead atoms. The zero-order valence-electron chi connectivity index (χ0n) is 23.5. The third-order valence-corrected chi connectivity index (χ3v) is 9.10. The van der Waals surface area contributed by atoms with Gasteiger partial charge in [-0.05, 0) is 66.7 Å². The standard InChI is InChI=1S/C33H22Cl3FN4O3S2/c34-24-7-4-8-27(37)23(24)16-28(39-31(43)19-5-2-1-3-6-19)32(44)38-21-10-12-22(13-11-21)45-18-30(42)41-33-40-29(17-46-33)20-9-14-25(35)26(36)15-20/h1-17H,18H2,(H,38,44)(H,39,43)(H,40,41,42)/b28-16-. The fourth-order valence-electron chi connectivity index (χ4n) is 3.99. The van der Waals surface area contributed by atoms with Crippen LogP contribution in [0.4, 0.5) is 15.2 Å². The number of amides is 3. The number of nitrogens with one attached hydrogen (secondary N) is 3. The molecule has 0 spiro atoms. The molecule has 3 amide bonds. The van der Waals surface area contributed by atoms with Crippen LogP contribution in [0.3, 0.4) is 0 Å². The van der Waals surface area contributed by atoms with Gasteiger partial charge in [-0.15, -0.1) is 23.1 Å². The lowest BCUT2D eigenvalue weighted by molar-refractivity contribution is -0.114. The largest absolute Gasteiger partial charge is 0.321 e. The fourth-order valence-corrected chi connectivity index (χ4v) is 5.94. The van der Waals surface area contributed by atoms with Crippen molar-refractivity contribution in [1.29, 1.82) is 0 Å². The number of hydrogen-bond donors (Lipinski definition) is 3. The summed E-state index contributed by atoms with van der Waals surface area (Å²) in [7, 11) is 0. The Kier molecular flexibility index (Phi) is 11.1. The molecule has 0 aliphatic heterocycles. The van der Waals surface area contributed by atoms with Gasteiger partial charge in [0.25, 0.3) is 11.8 Å². The molecule has 46 heavy (non-hydrogen) atoms. The van der Waals surface area contributed by atoms with E-state index >= 15 is 0 Å². The van der Waals surface area contributed by atoms with Crippen molar-refractivity contribution in [2.45, 2.75) is 4.90 Å². The number of thioether (sulfide) groups is 1. The Morgan fingerprint density at radius 1 is 0.848 bits per heavy atom. The van der Waals surface area contributed by atoms with Crippen molar-refractivity contribution in [3.63, 3.8) is 0 Å². The predicted molar refractivity (Wildman–Crippen MR) is 185 cm³/mol. The molecule has 0 atom stereocenters. The summed E-state index contributed by atoms with van der Waals surface area (Å²) in [6.07, 6.45) is 1.19. The molecule has 7 nitrogen and oxygen atoms in total. The summed E-state index contributed by atoms with van der Waals surface area (Å²) < 4.78 is 14.5. The lowest BCUT2D eigenvalue weighted by Gasteiger charge is -2.12. The van der Waals surface area contributed by atoms with Crippen LogP contribution in [-0.2, 0) is 9.59 Å². The zero-order chi connectivity index (χ0) is 32.6. The Morgan fingerprint density at radius 2 is 1.61 bits per heavy atom. The molecule has 0 saturated carbocycles. The third kappa shape index (κ3) is 8.74. The van der Waals surface area contributed by atoms with E-state index in [4.69, 9.17) is 34.8 Å². The number of benzene rings is 4. The van der Waals surface area contributed by atoms with Crippen molar-refractivity contribution in [3.8, 4) is 11.3 Å². The number of rotatable bonds is 10. The Morgan fingerprint density at radius 3 is 2.33 bits per heavy atom.